The lowest BCUT2D eigenvalue weighted by molar-refractivity contribution is 0.279. The highest BCUT2D eigenvalue weighted by molar-refractivity contribution is 5.41. The SMILES string of the molecule is CC(C)(C)NCc1ccc(N2CCCC2CCCO)nc1. The van der Waals surface area contributed by atoms with E-state index in [0.717, 1.165) is 31.7 Å². The summed E-state index contributed by atoms with van der Waals surface area (Å²) in [7, 11) is 0. The van der Waals surface area contributed by atoms with Crippen molar-refractivity contribution in [3.05, 3.63) is 23.9 Å². The third-order valence-electron chi connectivity index (χ3n) is 4.00. The molecule has 4 heteroatoms. The van der Waals surface area contributed by atoms with Gasteiger partial charge in [-0.3, -0.25) is 0 Å². The fraction of sp³-hybridized carbons (Fsp3) is 0.706. The number of pyridine rings is 1. The Morgan fingerprint density at radius 1 is 1.38 bits per heavy atom. The highest BCUT2D eigenvalue weighted by atomic mass is 16.2. The number of hydrogen-bond donors (Lipinski definition) is 2. The third-order valence-corrected chi connectivity index (χ3v) is 4.00. The number of aliphatic hydroxyl groups is 1. The first-order valence-corrected chi connectivity index (χ1v) is 8.07. The number of nitrogens with one attached hydrogen (secondary N) is 1. The Kier molecular flexibility index (Phi) is 5.59. The van der Waals surface area contributed by atoms with Crippen LogP contribution in [0, 0.1) is 0 Å². The Bertz CT molecular complexity index is 425. The van der Waals surface area contributed by atoms with Crippen LogP contribution in [-0.4, -0.2) is 34.8 Å². The summed E-state index contributed by atoms with van der Waals surface area (Å²) in [5, 5.41) is 12.5. The lowest BCUT2D eigenvalue weighted by atomic mass is 10.1. The zero-order chi connectivity index (χ0) is 15.3. The van der Waals surface area contributed by atoms with Gasteiger partial charge in [0.2, 0.25) is 0 Å². The van der Waals surface area contributed by atoms with Gasteiger partial charge in [0.1, 0.15) is 5.82 Å². The van der Waals surface area contributed by atoms with Crippen LogP contribution in [0.3, 0.4) is 0 Å². The van der Waals surface area contributed by atoms with E-state index in [1.54, 1.807) is 0 Å². The second-order valence-electron chi connectivity index (χ2n) is 6.98. The van der Waals surface area contributed by atoms with E-state index in [1.165, 1.54) is 18.4 Å². The third kappa shape index (κ3) is 4.97. The van der Waals surface area contributed by atoms with E-state index in [0.29, 0.717) is 6.04 Å². The van der Waals surface area contributed by atoms with E-state index < -0.39 is 0 Å². The van der Waals surface area contributed by atoms with Crippen molar-refractivity contribution in [3.8, 4) is 0 Å². The van der Waals surface area contributed by atoms with Crippen molar-refractivity contribution in [1.82, 2.24) is 10.3 Å². The molecular formula is C17H29N3O. The molecule has 1 aliphatic rings. The summed E-state index contributed by atoms with van der Waals surface area (Å²) in [5.74, 6) is 1.08. The number of rotatable bonds is 6. The second-order valence-corrected chi connectivity index (χ2v) is 6.98. The summed E-state index contributed by atoms with van der Waals surface area (Å²) in [6.07, 6.45) is 6.37. The van der Waals surface area contributed by atoms with Crippen molar-refractivity contribution in [3.63, 3.8) is 0 Å². The van der Waals surface area contributed by atoms with Crippen LogP contribution in [-0.2, 0) is 6.54 Å². The normalized spacial score (nSPS) is 19.2. The van der Waals surface area contributed by atoms with Gasteiger partial charge in [0.05, 0.1) is 0 Å². The fourth-order valence-corrected chi connectivity index (χ4v) is 2.82. The molecule has 0 spiro atoms. The van der Waals surface area contributed by atoms with Gasteiger partial charge in [-0.1, -0.05) is 6.07 Å². The van der Waals surface area contributed by atoms with Crippen molar-refractivity contribution >= 4 is 5.82 Å². The molecule has 0 radical (unpaired) electrons. The molecule has 118 valence electrons. The molecule has 1 fully saturated rings. The molecule has 0 amide bonds. The summed E-state index contributed by atoms with van der Waals surface area (Å²) >= 11 is 0. The van der Waals surface area contributed by atoms with Gasteiger partial charge in [0, 0.05) is 37.5 Å². The van der Waals surface area contributed by atoms with Gasteiger partial charge < -0.3 is 15.3 Å². The van der Waals surface area contributed by atoms with Crippen molar-refractivity contribution < 1.29 is 5.11 Å². The smallest absolute Gasteiger partial charge is 0.128 e. The van der Waals surface area contributed by atoms with Crippen molar-refractivity contribution in [2.45, 2.75) is 64.6 Å². The van der Waals surface area contributed by atoms with Crippen LogP contribution in [0.15, 0.2) is 18.3 Å². The van der Waals surface area contributed by atoms with E-state index in [2.05, 4.69) is 48.1 Å². The van der Waals surface area contributed by atoms with Gasteiger partial charge in [-0.05, 0) is 58.1 Å². The van der Waals surface area contributed by atoms with Crippen LogP contribution >= 0.6 is 0 Å². The lowest BCUT2D eigenvalue weighted by Crippen LogP contribution is -2.35. The van der Waals surface area contributed by atoms with E-state index >= 15 is 0 Å². The topological polar surface area (TPSA) is 48.4 Å². The number of aliphatic hydroxyl groups excluding tert-OH is 1. The van der Waals surface area contributed by atoms with Crippen LogP contribution in [0.5, 0.6) is 0 Å². The zero-order valence-electron chi connectivity index (χ0n) is 13.6. The predicted molar refractivity (Wildman–Crippen MR) is 87.5 cm³/mol. The molecule has 0 bridgehead atoms. The molecule has 1 saturated heterocycles. The largest absolute Gasteiger partial charge is 0.396 e. The molecule has 0 aliphatic carbocycles. The molecule has 4 nitrogen and oxygen atoms in total. The van der Waals surface area contributed by atoms with Crippen LogP contribution in [0.2, 0.25) is 0 Å². The van der Waals surface area contributed by atoms with Gasteiger partial charge >= 0.3 is 0 Å². The van der Waals surface area contributed by atoms with Crippen molar-refractivity contribution in [2.75, 3.05) is 18.1 Å². The fourth-order valence-electron chi connectivity index (χ4n) is 2.82. The molecule has 1 aromatic rings. The van der Waals surface area contributed by atoms with E-state index in [9.17, 15) is 0 Å². The number of hydrogen-bond acceptors (Lipinski definition) is 4. The summed E-state index contributed by atoms with van der Waals surface area (Å²) < 4.78 is 0. The lowest BCUT2D eigenvalue weighted by Gasteiger charge is -2.26. The first-order valence-electron chi connectivity index (χ1n) is 8.07. The molecule has 21 heavy (non-hydrogen) atoms. The Morgan fingerprint density at radius 3 is 2.81 bits per heavy atom. The summed E-state index contributed by atoms with van der Waals surface area (Å²) in [4.78, 5) is 7.04. The minimum atomic E-state index is 0.128. The molecule has 2 heterocycles. The minimum absolute atomic E-state index is 0.128. The quantitative estimate of drug-likeness (QED) is 0.846. The molecule has 1 atom stereocenters. The highest BCUT2D eigenvalue weighted by Gasteiger charge is 2.24. The molecule has 2 N–H and O–H groups in total. The van der Waals surface area contributed by atoms with E-state index in [-0.39, 0.29) is 12.1 Å². The molecular weight excluding hydrogens is 262 g/mol. The van der Waals surface area contributed by atoms with Crippen LogP contribution < -0.4 is 10.2 Å². The number of aromatic nitrogens is 1. The van der Waals surface area contributed by atoms with Gasteiger partial charge in [0.15, 0.2) is 0 Å². The molecule has 0 saturated carbocycles. The van der Waals surface area contributed by atoms with Crippen molar-refractivity contribution in [1.29, 1.82) is 0 Å². The Hall–Kier alpha value is -1.13. The Labute approximate surface area is 128 Å². The van der Waals surface area contributed by atoms with Gasteiger partial charge in [0.25, 0.3) is 0 Å². The standard InChI is InChI=1S/C17H29N3O/c1-17(2,3)19-13-14-8-9-16(18-12-14)20-10-4-6-15(20)7-5-11-21/h8-9,12,15,19,21H,4-7,10-11,13H2,1-3H3. The highest BCUT2D eigenvalue weighted by Crippen LogP contribution is 2.26. The van der Waals surface area contributed by atoms with Crippen molar-refractivity contribution in [2.24, 2.45) is 0 Å². The van der Waals surface area contributed by atoms with E-state index in [4.69, 9.17) is 5.11 Å². The zero-order valence-corrected chi connectivity index (χ0v) is 13.6. The van der Waals surface area contributed by atoms with Gasteiger partial charge in [-0.25, -0.2) is 4.98 Å². The monoisotopic (exact) mass is 291 g/mol. The molecule has 0 aromatic carbocycles. The Balaban J connectivity index is 1.94. The molecule has 1 unspecified atom stereocenters. The maximum absolute atomic E-state index is 9.00. The second kappa shape index (κ2) is 7.23. The van der Waals surface area contributed by atoms with E-state index in [1.807, 2.05) is 6.20 Å². The first kappa shape index (κ1) is 16.2. The predicted octanol–water partition coefficient (Wildman–Crippen LogP) is 2.71. The minimum Gasteiger partial charge on any atom is -0.396 e. The number of anilines is 1. The molecule has 1 aliphatic heterocycles. The molecule has 1 aromatic heterocycles. The van der Waals surface area contributed by atoms with Crippen LogP contribution in [0.25, 0.3) is 0 Å². The first-order chi connectivity index (χ1) is 9.99. The summed E-state index contributed by atoms with van der Waals surface area (Å²) in [5.41, 5.74) is 1.35. The molecule has 2 rings (SSSR count). The maximum atomic E-state index is 9.00. The summed E-state index contributed by atoms with van der Waals surface area (Å²) in [6.45, 7) is 8.74. The number of nitrogens with zero attached hydrogens (tertiary/aromatic N) is 2. The maximum Gasteiger partial charge on any atom is 0.128 e. The van der Waals surface area contributed by atoms with Crippen LogP contribution in [0.4, 0.5) is 5.82 Å². The average Bonchev–Trinajstić information content (AvgIpc) is 2.91. The average molecular weight is 291 g/mol. The van der Waals surface area contributed by atoms with Crippen LogP contribution in [0.1, 0.15) is 52.0 Å². The van der Waals surface area contributed by atoms with Gasteiger partial charge in [-0.2, -0.15) is 0 Å². The van der Waals surface area contributed by atoms with Gasteiger partial charge in [-0.15, -0.1) is 0 Å². The Morgan fingerprint density at radius 2 is 2.19 bits per heavy atom. The summed E-state index contributed by atoms with van der Waals surface area (Å²) in [6, 6.07) is 4.85.